The number of benzene rings is 1. The number of aromatic amines is 1. The van der Waals surface area contributed by atoms with Gasteiger partial charge in [0.1, 0.15) is 0 Å². The van der Waals surface area contributed by atoms with Crippen LogP contribution in [0.1, 0.15) is 16.7 Å². The van der Waals surface area contributed by atoms with Crippen molar-refractivity contribution in [1.82, 2.24) is 15.2 Å². The molecule has 0 bridgehead atoms. The predicted octanol–water partition coefficient (Wildman–Crippen LogP) is 1.68. The Morgan fingerprint density at radius 3 is 2.78 bits per heavy atom. The van der Waals surface area contributed by atoms with Gasteiger partial charge in [0.25, 0.3) is 0 Å². The molecule has 1 aromatic carbocycles. The maximum atomic E-state index is 5.51. The molecule has 0 atom stereocenters. The summed E-state index contributed by atoms with van der Waals surface area (Å²) in [4.78, 5) is 6.09. The first-order valence-corrected chi connectivity index (χ1v) is 6.02. The molecule has 2 rings (SSSR count). The highest BCUT2D eigenvalue weighted by Gasteiger charge is 2.08. The van der Waals surface area contributed by atoms with Crippen molar-refractivity contribution in [2.45, 2.75) is 20.3 Å². The summed E-state index contributed by atoms with van der Waals surface area (Å²) in [6, 6.07) is 6.41. The van der Waals surface area contributed by atoms with Gasteiger partial charge in [-0.2, -0.15) is 4.98 Å². The molecule has 1 heterocycles. The number of rotatable bonds is 4. The lowest BCUT2D eigenvalue weighted by Crippen LogP contribution is -2.21. The molecule has 0 aliphatic heterocycles. The summed E-state index contributed by atoms with van der Waals surface area (Å²) < 4.78 is 0. The van der Waals surface area contributed by atoms with Gasteiger partial charge in [-0.25, -0.2) is 5.10 Å². The average Bonchev–Trinajstić information content (AvgIpc) is 2.77. The van der Waals surface area contributed by atoms with E-state index in [-0.39, 0.29) is 0 Å². The van der Waals surface area contributed by atoms with Crippen molar-refractivity contribution in [3.8, 4) is 0 Å². The number of H-pyrrole nitrogens is 1. The molecular formula is C13H19N5. The van der Waals surface area contributed by atoms with Gasteiger partial charge in [0.2, 0.25) is 11.9 Å². The van der Waals surface area contributed by atoms with Crippen LogP contribution in [0.3, 0.4) is 0 Å². The van der Waals surface area contributed by atoms with Crippen LogP contribution in [-0.2, 0) is 6.42 Å². The molecule has 2 aromatic rings. The van der Waals surface area contributed by atoms with Gasteiger partial charge in [-0.1, -0.05) is 18.2 Å². The van der Waals surface area contributed by atoms with E-state index in [1.807, 2.05) is 11.9 Å². The molecule has 0 radical (unpaired) electrons. The van der Waals surface area contributed by atoms with Crippen molar-refractivity contribution < 1.29 is 0 Å². The third-order valence-electron chi connectivity index (χ3n) is 3.27. The monoisotopic (exact) mass is 245 g/mol. The molecule has 0 unspecified atom stereocenters. The number of nitrogens with two attached hydrogens (primary N) is 1. The van der Waals surface area contributed by atoms with E-state index >= 15 is 0 Å². The summed E-state index contributed by atoms with van der Waals surface area (Å²) in [6.07, 6.45) is 0.971. The lowest BCUT2D eigenvalue weighted by Gasteiger charge is -2.16. The average molecular weight is 245 g/mol. The number of nitrogens with one attached hydrogen (secondary N) is 1. The molecule has 5 heteroatoms. The highest BCUT2D eigenvalue weighted by atomic mass is 15.4. The van der Waals surface area contributed by atoms with Crippen LogP contribution in [0.25, 0.3) is 0 Å². The molecule has 3 N–H and O–H groups in total. The third kappa shape index (κ3) is 2.61. The Morgan fingerprint density at radius 2 is 2.11 bits per heavy atom. The number of aryl methyl sites for hydroxylation is 1. The van der Waals surface area contributed by atoms with Gasteiger partial charge in [-0.3, -0.25) is 0 Å². The standard InChI is InChI=1S/C13H19N5/c1-9-5-4-6-11(10(9)2)7-8-18(3)13-15-12(14)16-17-13/h4-6H,7-8H2,1-3H3,(H3,14,15,16,17). The van der Waals surface area contributed by atoms with Crippen molar-refractivity contribution in [2.24, 2.45) is 0 Å². The predicted molar refractivity (Wildman–Crippen MR) is 73.7 cm³/mol. The van der Waals surface area contributed by atoms with E-state index in [1.165, 1.54) is 16.7 Å². The Morgan fingerprint density at radius 1 is 1.33 bits per heavy atom. The summed E-state index contributed by atoms with van der Waals surface area (Å²) >= 11 is 0. The maximum Gasteiger partial charge on any atom is 0.246 e. The second-order valence-corrected chi connectivity index (χ2v) is 4.55. The summed E-state index contributed by atoms with van der Waals surface area (Å²) in [5.41, 5.74) is 9.57. The smallest absolute Gasteiger partial charge is 0.246 e. The van der Waals surface area contributed by atoms with E-state index < -0.39 is 0 Å². The minimum atomic E-state index is 0.351. The first-order chi connectivity index (χ1) is 8.58. The number of likely N-dealkylation sites (N-methyl/N-ethyl adjacent to an activating group) is 1. The Hall–Kier alpha value is -2.04. The fraction of sp³-hybridized carbons (Fsp3) is 0.385. The minimum absolute atomic E-state index is 0.351. The molecule has 0 spiro atoms. The van der Waals surface area contributed by atoms with E-state index in [2.05, 4.69) is 47.2 Å². The molecule has 18 heavy (non-hydrogen) atoms. The van der Waals surface area contributed by atoms with Crippen LogP contribution in [0.15, 0.2) is 18.2 Å². The zero-order valence-electron chi connectivity index (χ0n) is 11.1. The van der Waals surface area contributed by atoms with Crippen LogP contribution in [0.4, 0.5) is 11.9 Å². The van der Waals surface area contributed by atoms with Crippen LogP contribution < -0.4 is 10.6 Å². The molecule has 1 aromatic heterocycles. The molecule has 0 amide bonds. The number of hydrogen-bond donors (Lipinski definition) is 2. The number of nitrogens with zero attached hydrogens (tertiary/aromatic N) is 3. The highest BCUT2D eigenvalue weighted by Crippen LogP contribution is 2.14. The molecular weight excluding hydrogens is 226 g/mol. The van der Waals surface area contributed by atoms with E-state index in [9.17, 15) is 0 Å². The van der Waals surface area contributed by atoms with Crippen molar-refractivity contribution in [3.63, 3.8) is 0 Å². The van der Waals surface area contributed by atoms with Gasteiger partial charge in [0.15, 0.2) is 0 Å². The lowest BCUT2D eigenvalue weighted by molar-refractivity contribution is 0.836. The number of aromatic nitrogens is 3. The van der Waals surface area contributed by atoms with Crippen LogP contribution in [0.2, 0.25) is 0 Å². The zero-order chi connectivity index (χ0) is 13.1. The van der Waals surface area contributed by atoms with Gasteiger partial charge in [0, 0.05) is 13.6 Å². The van der Waals surface area contributed by atoms with Gasteiger partial charge in [0.05, 0.1) is 0 Å². The van der Waals surface area contributed by atoms with E-state index in [0.717, 1.165) is 13.0 Å². The number of hydrogen-bond acceptors (Lipinski definition) is 4. The van der Waals surface area contributed by atoms with Crippen molar-refractivity contribution in [2.75, 3.05) is 24.2 Å². The summed E-state index contributed by atoms with van der Waals surface area (Å²) in [7, 11) is 1.97. The van der Waals surface area contributed by atoms with Crippen LogP contribution in [0, 0.1) is 13.8 Å². The first-order valence-electron chi connectivity index (χ1n) is 6.02. The molecule has 5 nitrogen and oxygen atoms in total. The van der Waals surface area contributed by atoms with Gasteiger partial charge in [-0.05, 0) is 37.0 Å². The Bertz CT molecular complexity index is 532. The normalized spacial score (nSPS) is 10.6. The SMILES string of the molecule is Cc1cccc(CCN(C)c2n[nH]c(N)n2)c1C. The molecule has 96 valence electrons. The molecule has 0 aliphatic carbocycles. The van der Waals surface area contributed by atoms with Gasteiger partial charge in [-0.15, -0.1) is 5.10 Å². The molecule has 0 saturated heterocycles. The lowest BCUT2D eigenvalue weighted by atomic mass is 10.0. The Labute approximate surface area is 107 Å². The van der Waals surface area contributed by atoms with E-state index in [4.69, 9.17) is 5.73 Å². The Balaban J connectivity index is 2.01. The quantitative estimate of drug-likeness (QED) is 0.859. The van der Waals surface area contributed by atoms with Crippen LogP contribution >= 0.6 is 0 Å². The third-order valence-corrected chi connectivity index (χ3v) is 3.27. The summed E-state index contributed by atoms with van der Waals surface area (Å²) in [5, 5.41) is 6.68. The fourth-order valence-corrected chi connectivity index (χ4v) is 1.91. The number of nitrogen functional groups attached to an aromatic ring is 1. The first kappa shape index (κ1) is 12.4. The molecule has 0 saturated carbocycles. The van der Waals surface area contributed by atoms with Gasteiger partial charge >= 0.3 is 0 Å². The second-order valence-electron chi connectivity index (χ2n) is 4.55. The maximum absolute atomic E-state index is 5.51. The van der Waals surface area contributed by atoms with Crippen molar-refractivity contribution in [1.29, 1.82) is 0 Å². The minimum Gasteiger partial charge on any atom is -0.368 e. The summed E-state index contributed by atoms with van der Waals surface area (Å²) in [6.45, 7) is 5.16. The van der Waals surface area contributed by atoms with E-state index in [0.29, 0.717) is 11.9 Å². The largest absolute Gasteiger partial charge is 0.368 e. The number of anilines is 2. The van der Waals surface area contributed by atoms with Crippen molar-refractivity contribution in [3.05, 3.63) is 34.9 Å². The highest BCUT2D eigenvalue weighted by molar-refractivity contribution is 5.36. The second kappa shape index (κ2) is 5.08. The van der Waals surface area contributed by atoms with E-state index in [1.54, 1.807) is 0 Å². The fourth-order valence-electron chi connectivity index (χ4n) is 1.91. The Kier molecular flexibility index (Phi) is 3.50. The zero-order valence-corrected chi connectivity index (χ0v) is 11.1. The van der Waals surface area contributed by atoms with Crippen LogP contribution in [-0.4, -0.2) is 28.8 Å². The topological polar surface area (TPSA) is 70.8 Å². The molecule has 0 fully saturated rings. The van der Waals surface area contributed by atoms with Crippen LogP contribution in [0.5, 0.6) is 0 Å². The molecule has 0 aliphatic rings. The summed E-state index contributed by atoms with van der Waals surface area (Å²) in [5.74, 6) is 0.987. The van der Waals surface area contributed by atoms with Gasteiger partial charge < -0.3 is 10.6 Å². The van der Waals surface area contributed by atoms with Crippen molar-refractivity contribution >= 4 is 11.9 Å².